The number of ether oxygens (including phenoxy) is 1. The molecule has 2 aromatic heterocycles. The molecule has 2 aromatic carbocycles. The first kappa shape index (κ1) is 25.6. The SMILES string of the molecule is C[C@](O)(CCC(=O)c1ccc2nc(N)oc2c1)c1cc2c(c(-c3ccc(F)c(Cl)c3)n1)OC[C@]2(C)C(N)=O. The summed E-state index contributed by atoms with van der Waals surface area (Å²) >= 11 is 6.01. The van der Waals surface area contributed by atoms with Crippen LogP contribution in [0, 0.1) is 5.82 Å². The van der Waals surface area contributed by atoms with Crippen molar-refractivity contribution >= 4 is 40.4 Å². The van der Waals surface area contributed by atoms with E-state index in [1.807, 2.05) is 0 Å². The van der Waals surface area contributed by atoms with Crippen LogP contribution in [0.4, 0.5) is 10.4 Å². The van der Waals surface area contributed by atoms with Gasteiger partial charge < -0.3 is 25.7 Å². The lowest BCUT2D eigenvalue weighted by Gasteiger charge is -2.26. The second-order valence-electron chi connectivity index (χ2n) is 9.78. The van der Waals surface area contributed by atoms with Crippen LogP contribution in [-0.4, -0.2) is 33.4 Å². The molecule has 4 aromatic rings. The summed E-state index contributed by atoms with van der Waals surface area (Å²) in [5.41, 5.74) is 11.1. The summed E-state index contributed by atoms with van der Waals surface area (Å²) in [4.78, 5) is 34.0. The molecule has 5 N–H and O–H groups in total. The smallest absolute Gasteiger partial charge is 0.292 e. The number of nitrogen functional groups attached to an aromatic ring is 1. The zero-order valence-electron chi connectivity index (χ0n) is 20.5. The molecule has 0 bridgehead atoms. The van der Waals surface area contributed by atoms with Gasteiger partial charge in [-0.1, -0.05) is 11.6 Å². The second kappa shape index (κ2) is 9.07. The number of primary amides is 1. The first-order valence-electron chi connectivity index (χ1n) is 11.7. The molecule has 11 heteroatoms. The highest BCUT2D eigenvalue weighted by molar-refractivity contribution is 6.31. The third-order valence-corrected chi connectivity index (χ3v) is 7.22. The zero-order valence-corrected chi connectivity index (χ0v) is 21.3. The fraction of sp³-hybridized carbons (Fsp3) is 0.259. The zero-order chi connectivity index (χ0) is 27.4. The van der Waals surface area contributed by atoms with Crippen LogP contribution in [0.2, 0.25) is 5.02 Å². The molecule has 2 atom stereocenters. The average molecular weight is 539 g/mol. The lowest BCUT2D eigenvalue weighted by molar-refractivity contribution is -0.123. The van der Waals surface area contributed by atoms with Crippen molar-refractivity contribution in [3.8, 4) is 17.0 Å². The largest absolute Gasteiger partial charge is 0.489 e. The summed E-state index contributed by atoms with van der Waals surface area (Å²) in [6, 6.07) is 10.4. The summed E-state index contributed by atoms with van der Waals surface area (Å²) in [5, 5.41) is 11.3. The van der Waals surface area contributed by atoms with E-state index in [2.05, 4.69) is 9.97 Å². The number of oxazole rings is 1. The molecule has 0 aliphatic carbocycles. The van der Waals surface area contributed by atoms with Gasteiger partial charge in [-0.15, -0.1) is 0 Å². The molecule has 0 unspecified atom stereocenters. The maximum absolute atomic E-state index is 13.9. The van der Waals surface area contributed by atoms with E-state index >= 15 is 0 Å². The van der Waals surface area contributed by atoms with Crippen LogP contribution >= 0.6 is 11.6 Å². The standard InChI is InChI=1S/C27H24ClFN4O5/c1-26(24(30)35)12-37-23-15(26)11-21(33-22(23)14-3-5-17(29)16(28)9-14)27(2,36)8-7-19(34)13-4-6-18-20(10-13)38-25(31)32-18/h3-6,9-11,36H,7-8,12H2,1-2H3,(H2,30,35)(H2,31,32)/t26-,27-/m0/s1. The normalized spacial score (nSPS) is 18.1. The van der Waals surface area contributed by atoms with E-state index in [0.717, 1.165) is 0 Å². The number of aliphatic hydroxyl groups is 1. The topological polar surface area (TPSA) is 155 Å². The minimum Gasteiger partial charge on any atom is -0.489 e. The molecule has 196 valence electrons. The molecule has 3 heterocycles. The van der Waals surface area contributed by atoms with Gasteiger partial charge in [0.05, 0.1) is 10.7 Å². The molecule has 0 saturated heterocycles. The van der Waals surface area contributed by atoms with Crippen molar-refractivity contribution in [3.05, 3.63) is 70.1 Å². The number of anilines is 1. The highest BCUT2D eigenvalue weighted by Crippen LogP contribution is 2.46. The minimum atomic E-state index is -1.59. The number of halogens is 2. The molecule has 0 spiro atoms. The quantitative estimate of drug-likeness (QED) is 0.295. The number of nitrogens with two attached hydrogens (primary N) is 2. The Hall–Kier alpha value is -4.02. The summed E-state index contributed by atoms with van der Waals surface area (Å²) in [5.74, 6) is -1.17. The number of hydrogen-bond acceptors (Lipinski definition) is 8. The van der Waals surface area contributed by atoms with Crippen molar-refractivity contribution in [2.24, 2.45) is 5.73 Å². The number of fused-ring (bicyclic) bond motifs is 2. The third kappa shape index (κ3) is 4.35. The van der Waals surface area contributed by atoms with Crippen LogP contribution in [-0.2, 0) is 15.8 Å². The van der Waals surface area contributed by atoms with Crippen LogP contribution in [0.25, 0.3) is 22.4 Å². The van der Waals surface area contributed by atoms with E-state index in [-0.39, 0.29) is 47.7 Å². The number of carbonyl (C=O) groups is 2. The number of Topliss-reactive ketones (excluding diaryl/α,β-unsaturated/α-hetero) is 1. The molecule has 5 rings (SSSR count). The Morgan fingerprint density at radius 3 is 2.68 bits per heavy atom. The van der Waals surface area contributed by atoms with E-state index in [9.17, 15) is 19.1 Å². The minimum absolute atomic E-state index is 0.000373. The molecule has 0 radical (unpaired) electrons. The number of carbonyl (C=O) groups excluding carboxylic acids is 2. The van der Waals surface area contributed by atoms with Crippen LogP contribution < -0.4 is 16.2 Å². The van der Waals surface area contributed by atoms with Gasteiger partial charge in [0.15, 0.2) is 11.4 Å². The van der Waals surface area contributed by atoms with E-state index in [1.54, 1.807) is 31.2 Å². The first-order valence-corrected chi connectivity index (χ1v) is 12.1. The Balaban J connectivity index is 1.50. The molecule has 38 heavy (non-hydrogen) atoms. The number of ketones is 1. The van der Waals surface area contributed by atoms with E-state index in [4.69, 9.17) is 32.2 Å². The monoisotopic (exact) mass is 538 g/mol. The Morgan fingerprint density at radius 1 is 1.21 bits per heavy atom. The predicted molar refractivity (Wildman–Crippen MR) is 138 cm³/mol. The highest BCUT2D eigenvalue weighted by Gasteiger charge is 2.45. The Labute approximate surface area is 221 Å². The van der Waals surface area contributed by atoms with E-state index < -0.39 is 22.7 Å². The fourth-order valence-electron chi connectivity index (χ4n) is 4.45. The molecule has 1 amide bonds. The van der Waals surface area contributed by atoms with Crippen LogP contribution in [0.1, 0.15) is 48.3 Å². The average Bonchev–Trinajstić information content (AvgIpc) is 3.43. The van der Waals surface area contributed by atoms with Crippen molar-refractivity contribution in [1.82, 2.24) is 9.97 Å². The first-order chi connectivity index (χ1) is 17.9. The van der Waals surface area contributed by atoms with E-state index in [0.29, 0.717) is 33.5 Å². The van der Waals surface area contributed by atoms with Gasteiger partial charge in [-0.3, -0.25) is 9.59 Å². The lowest BCUT2D eigenvalue weighted by Crippen LogP contribution is -2.40. The van der Waals surface area contributed by atoms with Gasteiger partial charge in [0, 0.05) is 23.1 Å². The van der Waals surface area contributed by atoms with Crippen LogP contribution in [0.15, 0.2) is 46.9 Å². The number of benzene rings is 2. The number of nitrogens with zero attached hydrogens (tertiary/aromatic N) is 2. The number of pyridine rings is 1. The predicted octanol–water partition coefficient (Wildman–Crippen LogP) is 4.27. The van der Waals surface area contributed by atoms with Crippen molar-refractivity contribution in [3.63, 3.8) is 0 Å². The number of rotatable bonds is 7. The molecule has 0 saturated carbocycles. The maximum Gasteiger partial charge on any atom is 0.292 e. The highest BCUT2D eigenvalue weighted by atomic mass is 35.5. The van der Waals surface area contributed by atoms with Crippen LogP contribution in [0.3, 0.4) is 0 Å². The molecule has 1 aliphatic rings. The van der Waals surface area contributed by atoms with Gasteiger partial charge in [0.1, 0.15) is 40.4 Å². The van der Waals surface area contributed by atoms with Gasteiger partial charge in [0.2, 0.25) is 5.91 Å². The van der Waals surface area contributed by atoms with Crippen molar-refractivity contribution in [2.45, 2.75) is 37.7 Å². The van der Waals surface area contributed by atoms with Gasteiger partial charge >= 0.3 is 0 Å². The van der Waals surface area contributed by atoms with Gasteiger partial charge in [-0.25, -0.2) is 9.37 Å². The Morgan fingerprint density at radius 2 is 1.97 bits per heavy atom. The summed E-state index contributed by atoms with van der Waals surface area (Å²) in [7, 11) is 0. The summed E-state index contributed by atoms with van der Waals surface area (Å²) in [6.45, 7) is 3.13. The number of amides is 1. The Bertz CT molecular complexity index is 1620. The maximum atomic E-state index is 13.9. The van der Waals surface area contributed by atoms with Crippen molar-refractivity contribution in [1.29, 1.82) is 0 Å². The molecular weight excluding hydrogens is 515 g/mol. The fourth-order valence-corrected chi connectivity index (χ4v) is 4.63. The van der Waals surface area contributed by atoms with Crippen molar-refractivity contribution < 1.29 is 28.2 Å². The number of hydrogen-bond donors (Lipinski definition) is 3. The molecule has 9 nitrogen and oxygen atoms in total. The number of aromatic nitrogens is 2. The summed E-state index contributed by atoms with van der Waals surface area (Å²) in [6.07, 6.45) is -0.0197. The van der Waals surface area contributed by atoms with E-state index in [1.165, 1.54) is 25.1 Å². The lowest BCUT2D eigenvalue weighted by atomic mass is 9.81. The van der Waals surface area contributed by atoms with Crippen molar-refractivity contribution in [2.75, 3.05) is 12.3 Å². The van der Waals surface area contributed by atoms with Gasteiger partial charge in [-0.2, -0.15) is 4.98 Å². The molecular formula is C27H24ClFN4O5. The molecule has 0 fully saturated rings. The third-order valence-electron chi connectivity index (χ3n) is 6.93. The molecule has 1 aliphatic heterocycles. The summed E-state index contributed by atoms with van der Waals surface area (Å²) < 4.78 is 25.0. The van der Waals surface area contributed by atoms with Gasteiger partial charge in [0.25, 0.3) is 6.01 Å². The second-order valence-corrected chi connectivity index (χ2v) is 10.2. The van der Waals surface area contributed by atoms with Crippen LogP contribution in [0.5, 0.6) is 5.75 Å². The Kier molecular flexibility index (Phi) is 6.12. The van der Waals surface area contributed by atoms with Gasteiger partial charge in [-0.05, 0) is 62.7 Å².